The zero-order valence-electron chi connectivity index (χ0n) is 19.0. The first-order valence-corrected chi connectivity index (χ1v) is 11.2. The quantitative estimate of drug-likeness (QED) is 0.263. The standard InChI is InChI=1S/C26H20Cl2N2O5/c1-14-4-10-19(12-15(14)2)35-26(33)16-5-8-18(9-6-16)29-23-22(28)24(31)30(25(23)32)20-13-17(27)7-11-21(20)34-3/h4-13,29H,1-3H3. The molecule has 3 aromatic rings. The van der Waals surface area contributed by atoms with Gasteiger partial charge in [0.1, 0.15) is 22.2 Å². The minimum Gasteiger partial charge on any atom is -0.495 e. The molecule has 0 spiro atoms. The first kappa shape index (κ1) is 24.3. The van der Waals surface area contributed by atoms with Crippen molar-refractivity contribution in [3.8, 4) is 11.5 Å². The number of aryl methyl sites for hydroxylation is 2. The third-order valence-corrected chi connectivity index (χ3v) is 6.07. The Kier molecular flexibility index (Phi) is 6.82. The molecule has 0 radical (unpaired) electrons. The molecular weight excluding hydrogens is 491 g/mol. The fourth-order valence-corrected chi connectivity index (χ4v) is 3.82. The van der Waals surface area contributed by atoms with Crippen LogP contribution in [0.3, 0.4) is 0 Å². The lowest BCUT2D eigenvalue weighted by Crippen LogP contribution is -2.32. The van der Waals surface area contributed by atoms with Gasteiger partial charge < -0.3 is 14.8 Å². The predicted molar refractivity (Wildman–Crippen MR) is 134 cm³/mol. The highest BCUT2D eigenvalue weighted by molar-refractivity contribution is 6.53. The van der Waals surface area contributed by atoms with Crippen LogP contribution in [0.2, 0.25) is 5.02 Å². The number of rotatable bonds is 6. The fourth-order valence-electron chi connectivity index (χ4n) is 3.45. The molecule has 1 aliphatic heterocycles. The number of carbonyl (C=O) groups is 3. The van der Waals surface area contributed by atoms with Gasteiger partial charge in [-0.15, -0.1) is 0 Å². The number of hydrogen-bond acceptors (Lipinski definition) is 6. The zero-order chi connectivity index (χ0) is 25.3. The Morgan fingerprint density at radius 3 is 2.26 bits per heavy atom. The second-order valence-electron chi connectivity index (χ2n) is 7.79. The topological polar surface area (TPSA) is 84.9 Å². The third kappa shape index (κ3) is 4.87. The number of methoxy groups -OCH3 is 1. The maximum atomic E-state index is 13.1. The number of nitrogens with zero attached hydrogens (tertiary/aromatic N) is 1. The predicted octanol–water partition coefficient (Wildman–Crippen LogP) is 5.62. The van der Waals surface area contributed by atoms with Gasteiger partial charge in [-0.25, -0.2) is 9.69 Å². The number of halogens is 2. The van der Waals surface area contributed by atoms with Gasteiger partial charge in [-0.2, -0.15) is 0 Å². The largest absolute Gasteiger partial charge is 0.495 e. The summed E-state index contributed by atoms with van der Waals surface area (Å²) in [6.07, 6.45) is 0. The third-order valence-electron chi connectivity index (χ3n) is 5.49. The van der Waals surface area contributed by atoms with Crippen molar-refractivity contribution in [1.82, 2.24) is 0 Å². The van der Waals surface area contributed by atoms with Gasteiger partial charge in [0.05, 0.1) is 18.4 Å². The molecule has 0 aliphatic carbocycles. The van der Waals surface area contributed by atoms with Gasteiger partial charge >= 0.3 is 5.97 Å². The van der Waals surface area contributed by atoms with Crippen molar-refractivity contribution in [3.05, 3.63) is 93.1 Å². The molecule has 1 N–H and O–H groups in total. The number of imide groups is 1. The second kappa shape index (κ2) is 9.82. The van der Waals surface area contributed by atoms with Crippen LogP contribution in [-0.4, -0.2) is 24.9 Å². The summed E-state index contributed by atoms with van der Waals surface area (Å²) in [6.45, 7) is 3.91. The normalized spacial score (nSPS) is 13.3. The number of ether oxygens (including phenoxy) is 2. The van der Waals surface area contributed by atoms with Crippen molar-refractivity contribution in [1.29, 1.82) is 0 Å². The van der Waals surface area contributed by atoms with Crippen LogP contribution in [-0.2, 0) is 9.59 Å². The minimum absolute atomic E-state index is 0.107. The van der Waals surface area contributed by atoms with E-state index in [0.29, 0.717) is 22.0 Å². The van der Waals surface area contributed by atoms with Crippen molar-refractivity contribution in [3.63, 3.8) is 0 Å². The minimum atomic E-state index is -0.715. The lowest BCUT2D eigenvalue weighted by molar-refractivity contribution is -0.120. The molecule has 178 valence electrons. The lowest BCUT2D eigenvalue weighted by Gasteiger charge is -2.18. The summed E-state index contributed by atoms with van der Waals surface area (Å²) in [7, 11) is 1.42. The van der Waals surface area contributed by atoms with Gasteiger partial charge in [0.15, 0.2) is 0 Å². The van der Waals surface area contributed by atoms with Gasteiger partial charge in [-0.1, -0.05) is 29.3 Å². The van der Waals surface area contributed by atoms with E-state index in [1.54, 1.807) is 48.5 Å². The van der Waals surface area contributed by atoms with Crippen LogP contribution in [0.4, 0.5) is 11.4 Å². The molecule has 3 aromatic carbocycles. The summed E-state index contributed by atoms with van der Waals surface area (Å²) in [5, 5.41) is 2.90. The van der Waals surface area contributed by atoms with Crippen molar-refractivity contribution in [2.45, 2.75) is 13.8 Å². The summed E-state index contributed by atoms with van der Waals surface area (Å²) >= 11 is 12.3. The van der Waals surface area contributed by atoms with E-state index >= 15 is 0 Å². The van der Waals surface area contributed by atoms with E-state index in [1.165, 1.54) is 13.2 Å². The van der Waals surface area contributed by atoms with Crippen LogP contribution < -0.4 is 19.7 Å². The molecule has 1 aliphatic rings. The molecule has 0 saturated carbocycles. The number of esters is 1. The number of nitrogens with one attached hydrogen (secondary N) is 1. The summed E-state index contributed by atoms with van der Waals surface area (Å²) in [5.74, 6) is -1.17. The Hall–Kier alpha value is -3.81. The summed E-state index contributed by atoms with van der Waals surface area (Å²) in [5.41, 5.74) is 2.94. The van der Waals surface area contributed by atoms with Gasteiger partial charge in [0.2, 0.25) is 0 Å². The molecule has 0 unspecified atom stereocenters. The lowest BCUT2D eigenvalue weighted by atomic mass is 10.1. The maximum Gasteiger partial charge on any atom is 0.343 e. The van der Waals surface area contributed by atoms with E-state index in [9.17, 15) is 14.4 Å². The second-order valence-corrected chi connectivity index (χ2v) is 8.60. The fraction of sp³-hybridized carbons (Fsp3) is 0.115. The highest BCUT2D eigenvalue weighted by atomic mass is 35.5. The SMILES string of the molecule is COc1ccc(Cl)cc1N1C(=O)C(Cl)=C(Nc2ccc(C(=O)Oc3ccc(C)c(C)c3)cc2)C1=O. The molecule has 0 atom stereocenters. The van der Waals surface area contributed by atoms with Gasteiger partial charge in [-0.3, -0.25) is 9.59 Å². The monoisotopic (exact) mass is 510 g/mol. The van der Waals surface area contributed by atoms with Gasteiger partial charge in [0, 0.05) is 10.7 Å². The van der Waals surface area contributed by atoms with E-state index in [1.807, 2.05) is 19.9 Å². The van der Waals surface area contributed by atoms with E-state index in [-0.39, 0.29) is 22.2 Å². The average Bonchev–Trinajstić information content (AvgIpc) is 3.04. The van der Waals surface area contributed by atoms with E-state index < -0.39 is 17.8 Å². The van der Waals surface area contributed by atoms with Crippen LogP contribution in [0.15, 0.2) is 71.4 Å². The average molecular weight is 511 g/mol. The highest BCUT2D eigenvalue weighted by Crippen LogP contribution is 2.37. The van der Waals surface area contributed by atoms with Gasteiger partial charge in [-0.05, 0) is 79.6 Å². The Morgan fingerprint density at radius 1 is 0.886 bits per heavy atom. The first-order valence-electron chi connectivity index (χ1n) is 10.5. The van der Waals surface area contributed by atoms with Crippen molar-refractivity contribution >= 4 is 52.4 Å². The number of carbonyl (C=O) groups excluding carboxylic acids is 3. The summed E-state index contributed by atoms with van der Waals surface area (Å²) in [6, 6.07) is 16.2. The van der Waals surface area contributed by atoms with Crippen molar-refractivity contribution in [2.24, 2.45) is 0 Å². The van der Waals surface area contributed by atoms with E-state index in [0.717, 1.165) is 16.0 Å². The molecule has 4 rings (SSSR count). The summed E-state index contributed by atoms with van der Waals surface area (Å²) < 4.78 is 10.7. The number of amides is 2. The van der Waals surface area contributed by atoms with E-state index in [4.69, 9.17) is 32.7 Å². The molecule has 9 heteroatoms. The molecule has 0 bridgehead atoms. The number of benzene rings is 3. The molecule has 0 aromatic heterocycles. The number of hydrogen-bond donors (Lipinski definition) is 1. The Balaban J connectivity index is 1.51. The first-order chi connectivity index (χ1) is 16.7. The molecule has 1 heterocycles. The van der Waals surface area contributed by atoms with Crippen LogP contribution in [0.1, 0.15) is 21.5 Å². The van der Waals surface area contributed by atoms with E-state index in [2.05, 4.69) is 5.32 Å². The van der Waals surface area contributed by atoms with Crippen LogP contribution in [0.25, 0.3) is 0 Å². The molecule has 0 saturated heterocycles. The molecule has 7 nitrogen and oxygen atoms in total. The Bertz CT molecular complexity index is 1380. The van der Waals surface area contributed by atoms with Crippen LogP contribution in [0.5, 0.6) is 11.5 Å². The zero-order valence-corrected chi connectivity index (χ0v) is 20.5. The number of anilines is 2. The van der Waals surface area contributed by atoms with Crippen LogP contribution >= 0.6 is 23.2 Å². The van der Waals surface area contributed by atoms with Crippen molar-refractivity contribution in [2.75, 3.05) is 17.3 Å². The molecule has 2 amide bonds. The molecular formula is C26H20Cl2N2O5. The van der Waals surface area contributed by atoms with Gasteiger partial charge in [0.25, 0.3) is 11.8 Å². The maximum absolute atomic E-state index is 13.1. The Morgan fingerprint density at radius 2 is 1.60 bits per heavy atom. The van der Waals surface area contributed by atoms with Crippen LogP contribution in [0, 0.1) is 13.8 Å². The van der Waals surface area contributed by atoms with Crippen molar-refractivity contribution < 1.29 is 23.9 Å². The molecule has 35 heavy (non-hydrogen) atoms. The highest BCUT2D eigenvalue weighted by Gasteiger charge is 2.40. The smallest absolute Gasteiger partial charge is 0.343 e. The summed E-state index contributed by atoms with van der Waals surface area (Å²) in [4.78, 5) is 39.2. The Labute approximate surface area is 211 Å². The molecule has 0 fully saturated rings.